The number of pyridine rings is 1. The zero-order valence-corrected chi connectivity index (χ0v) is 11.0. The predicted molar refractivity (Wildman–Crippen MR) is 71.3 cm³/mol. The Balaban J connectivity index is 2.73. The Hall–Kier alpha value is -1.91. The van der Waals surface area contributed by atoms with Crippen LogP contribution in [0.1, 0.15) is 10.4 Å². The first-order valence-corrected chi connectivity index (χ1v) is 6.04. The van der Waals surface area contributed by atoms with Crippen LogP contribution in [-0.2, 0) is 0 Å². The quantitative estimate of drug-likeness (QED) is 0.235. The van der Waals surface area contributed by atoms with Crippen LogP contribution >= 0.6 is 0 Å². The standard InChI is InChI=1S/C12H17N3O6/c16-5-8(10(19)11(20)9(18)6-17)14-15-12(21)7-1-3-13-4-2-7/h1-4,9-11,16-20H,5-6H2,(H,15,21)/b14-8+. The number of hydrogen-bond donors (Lipinski definition) is 6. The summed E-state index contributed by atoms with van der Waals surface area (Å²) in [5.41, 5.74) is 1.99. The van der Waals surface area contributed by atoms with Crippen LogP contribution in [-0.4, -0.2) is 73.7 Å². The molecule has 3 unspecified atom stereocenters. The van der Waals surface area contributed by atoms with Gasteiger partial charge in [0.05, 0.1) is 18.9 Å². The Bertz CT molecular complexity index is 481. The Kier molecular flexibility index (Phi) is 6.85. The molecule has 0 spiro atoms. The molecule has 1 aromatic rings. The molecule has 1 amide bonds. The molecule has 0 aliphatic rings. The number of hydrogen-bond acceptors (Lipinski definition) is 8. The minimum Gasteiger partial charge on any atom is -0.394 e. The second-order valence-electron chi connectivity index (χ2n) is 4.12. The fraction of sp³-hybridized carbons (Fsp3) is 0.417. The highest BCUT2D eigenvalue weighted by molar-refractivity contribution is 5.96. The van der Waals surface area contributed by atoms with E-state index in [1.54, 1.807) is 0 Å². The van der Waals surface area contributed by atoms with Gasteiger partial charge in [-0.3, -0.25) is 9.78 Å². The maximum Gasteiger partial charge on any atom is 0.271 e. The Morgan fingerprint density at radius 1 is 1.24 bits per heavy atom. The second-order valence-corrected chi connectivity index (χ2v) is 4.12. The summed E-state index contributed by atoms with van der Waals surface area (Å²) in [6.07, 6.45) is -2.29. The number of carbonyl (C=O) groups is 1. The molecule has 0 fully saturated rings. The molecule has 0 aliphatic heterocycles. The first-order chi connectivity index (χ1) is 10.0. The molecule has 3 atom stereocenters. The molecular formula is C12H17N3O6. The van der Waals surface area contributed by atoms with Gasteiger partial charge in [-0.05, 0) is 12.1 Å². The van der Waals surface area contributed by atoms with Crippen molar-refractivity contribution < 1.29 is 30.3 Å². The lowest BCUT2D eigenvalue weighted by Gasteiger charge is -2.21. The zero-order chi connectivity index (χ0) is 15.8. The van der Waals surface area contributed by atoms with Crippen LogP contribution in [0.2, 0.25) is 0 Å². The van der Waals surface area contributed by atoms with Gasteiger partial charge in [-0.2, -0.15) is 5.10 Å². The van der Waals surface area contributed by atoms with Crippen molar-refractivity contribution in [2.24, 2.45) is 5.10 Å². The molecule has 9 nitrogen and oxygen atoms in total. The second kappa shape index (κ2) is 8.39. The molecule has 116 valence electrons. The van der Waals surface area contributed by atoms with Gasteiger partial charge in [0, 0.05) is 18.0 Å². The van der Waals surface area contributed by atoms with Gasteiger partial charge in [0.2, 0.25) is 0 Å². The third-order valence-electron chi connectivity index (χ3n) is 2.65. The van der Waals surface area contributed by atoms with Gasteiger partial charge < -0.3 is 25.5 Å². The highest BCUT2D eigenvalue weighted by Gasteiger charge is 2.28. The minimum absolute atomic E-state index is 0.261. The van der Waals surface area contributed by atoms with Crippen LogP contribution in [0.4, 0.5) is 0 Å². The topological polar surface area (TPSA) is 156 Å². The number of nitrogens with zero attached hydrogens (tertiary/aromatic N) is 2. The average Bonchev–Trinajstić information content (AvgIpc) is 2.54. The molecule has 0 aromatic carbocycles. The van der Waals surface area contributed by atoms with Crippen LogP contribution in [0.5, 0.6) is 0 Å². The number of aliphatic hydroxyl groups is 5. The zero-order valence-electron chi connectivity index (χ0n) is 11.0. The van der Waals surface area contributed by atoms with Gasteiger partial charge in [-0.1, -0.05) is 0 Å². The largest absolute Gasteiger partial charge is 0.394 e. The van der Waals surface area contributed by atoms with Gasteiger partial charge in [-0.25, -0.2) is 5.43 Å². The van der Waals surface area contributed by atoms with Crippen molar-refractivity contribution in [1.82, 2.24) is 10.4 Å². The van der Waals surface area contributed by atoms with E-state index in [9.17, 15) is 20.1 Å². The maximum atomic E-state index is 11.7. The number of aromatic nitrogens is 1. The van der Waals surface area contributed by atoms with Crippen molar-refractivity contribution >= 4 is 11.6 Å². The normalized spacial score (nSPS) is 16.1. The van der Waals surface area contributed by atoms with Gasteiger partial charge >= 0.3 is 0 Å². The Morgan fingerprint density at radius 3 is 2.38 bits per heavy atom. The van der Waals surface area contributed by atoms with E-state index in [-0.39, 0.29) is 11.3 Å². The molecule has 0 radical (unpaired) electrons. The first-order valence-electron chi connectivity index (χ1n) is 6.04. The van der Waals surface area contributed by atoms with Crippen LogP contribution in [0.25, 0.3) is 0 Å². The van der Waals surface area contributed by atoms with E-state index in [2.05, 4.69) is 15.5 Å². The molecule has 0 saturated carbocycles. The van der Waals surface area contributed by atoms with Gasteiger partial charge in [0.25, 0.3) is 5.91 Å². The molecule has 0 aliphatic carbocycles. The number of carbonyl (C=O) groups excluding carboxylic acids is 1. The van der Waals surface area contributed by atoms with E-state index in [4.69, 9.17) is 10.2 Å². The maximum absolute atomic E-state index is 11.7. The smallest absolute Gasteiger partial charge is 0.271 e. The van der Waals surface area contributed by atoms with Crippen molar-refractivity contribution in [3.05, 3.63) is 30.1 Å². The number of amides is 1. The fourth-order valence-corrected chi connectivity index (χ4v) is 1.40. The first kappa shape index (κ1) is 17.1. The van der Waals surface area contributed by atoms with Crippen LogP contribution in [0.15, 0.2) is 29.6 Å². The van der Waals surface area contributed by atoms with Gasteiger partial charge in [0.15, 0.2) is 0 Å². The monoisotopic (exact) mass is 299 g/mol. The average molecular weight is 299 g/mol. The van der Waals surface area contributed by atoms with Crippen LogP contribution < -0.4 is 5.43 Å². The number of nitrogens with one attached hydrogen (secondary N) is 1. The van der Waals surface area contributed by atoms with Gasteiger partial charge in [-0.15, -0.1) is 0 Å². The van der Waals surface area contributed by atoms with E-state index in [1.165, 1.54) is 24.5 Å². The summed E-state index contributed by atoms with van der Waals surface area (Å²) in [6.45, 7) is -1.53. The molecule has 0 saturated heterocycles. The fourth-order valence-electron chi connectivity index (χ4n) is 1.40. The Labute approximate surface area is 120 Å². The SMILES string of the molecule is O=C(N/N=C(\CO)C(O)C(O)C(O)CO)c1ccncc1. The van der Waals surface area contributed by atoms with E-state index in [1.807, 2.05) is 0 Å². The Morgan fingerprint density at radius 2 is 1.86 bits per heavy atom. The molecular weight excluding hydrogens is 282 g/mol. The molecule has 9 heteroatoms. The third kappa shape index (κ3) is 4.85. The number of aliphatic hydroxyl groups excluding tert-OH is 5. The lowest BCUT2D eigenvalue weighted by atomic mass is 10.0. The molecule has 1 heterocycles. The van der Waals surface area contributed by atoms with Crippen molar-refractivity contribution in [1.29, 1.82) is 0 Å². The van der Waals surface area contributed by atoms with Crippen LogP contribution in [0.3, 0.4) is 0 Å². The lowest BCUT2D eigenvalue weighted by molar-refractivity contribution is -0.0565. The molecule has 6 N–H and O–H groups in total. The highest BCUT2D eigenvalue weighted by atomic mass is 16.4. The summed E-state index contributed by atoms with van der Waals surface area (Å²) in [5, 5.41) is 49.6. The summed E-state index contributed by atoms with van der Waals surface area (Å²) in [6, 6.07) is 2.87. The number of rotatable bonds is 7. The number of hydrazone groups is 1. The van der Waals surface area contributed by atoms with Crippen molar-refractivity contribution in [3.8, 4) is 0 Å². The molecule has 21 heavy (non-hydrogen) atoms. The van der Waals surface area contributed by atoms with E-state index >= 15 is 0 Å². The summed E-state index contributed by atoms with van der Waals surface area (Å²) in [7, 11) is 0. The third-order valence-corrected chi connectivity index (χ3v) is 2.65. The summed E-state index contributed by atoms with van der Waals surface area (Å²) >= 11 is 0. The lowest BCUT2D eigenvalue weighted by Crippen LogP contribution is -2.45. The summed E-state index contributed by atoms with van der Waals surface area (Å²) < 4.78 is 0. The van der Waals surface area contributed by atoms with E-state index in [0.717, 1.165) is 0 Å². The molecule has 1 aromatic heterocycles. The van der Waals surface area contributed by atoms with E-state index in [0.29, 0.717) is 0 Å². The summed E-state index contributed by atoms with van der Waals surface area (Å²) in [5.74, 6) is -0.604. The van der Waals surface area contributed by atoms with E-state index < -0.39 is 37.4 Å². The molecule has 0 bridgehead atoms. The van der Waals surface area contributed by atoms with Crippen molar-refractivity contribution in [2.45, 2.75) is 18.3 Å². The van der Waals surface area contributed by atoms with Crippen molar-refractivity contribution in [2.75, 3.05) is 13.2 Å². The van der Waals surface area contributed by atoms with Crippen LogP contribution in [0, 0.1) is 0 Å². The highest BCUT2D eigenvalue weighted by Crippen LogP contribution is 2.03. The summed E-state index contributed by atoms with van der Waals surface area (Å²) in [4.78, 5) is 15.4. The minimum atomic E-state index is -1.75. The van der Waals surface area contributed by atoms with Crippen molar-refractivity contribution in [3.63, 3.8) is 0 Å². The predicted octanol–water partition coefficient (Wildman–Crippen LogP) is -2.77. The molecule has 1 rings (SSSR count). The van der Waals surface area contributed by atoms with Gasteiger partial charge in [0.1, 0.15) is 18.3 Å².